The molecule has 2 aromatic heterocycles. The van der Waals surface area contributed by atoms with E-state index in [4.69, 9.17) is 5.73 Å². The van der Waals surface area contributed by atoms with Crippen LogP contribution in [-0.2, 0) is 6.54 Å². The van der Waals surface area contributed by atoms with Crippen molar-refractivity contribution in [1.82, 2.24) is 19.7 Å². The number of amides is 1. The molecule has 0 spiro atoms. The molecule has 4 rings (SSSR count). The Labute approximate surface area is 178 Å². The summed E-state index contributed by atoms with van der Waals surface area (Å²) in [5.74, 6) is 0.470. The third-order valence-electron chi connectivity index (χ3n) is 5.16. The fraction of sp³-hybridized carbons (Fsp3) is 0.143. The Balaban J connectivity index is 1.69. The number of carbonyl (C=O) groups excluding carboxylic acids is 1. The predicted molar refractivity (Wildman–Crippen MR) is 118 cm³/mol. The standard InChI is InChI=1S/C21H21BN6O3/c1-12-13(2)26-21(28-18-8-4-7-16(19(23)29)17(18)11-25-28)27-20(12)24-10-14-5-3-6-15(9-14)22(30)31/h3-9,11,30-31H,10H2,1-2H3,(H2,23,29)(H,24,26,27). The fourth-order valence-corrected chi connectivity index (χ4v) is 3.36. The lowest BCUT2D eigenvalue weighted by atomic mass is 9.80. The van der Waals surface area contributed by atoms with Gasteiger partial charge in [-0.2, -0.15) is 14.8 Å². The van der Waals surface area contributed by atoms with Crippen LogP contribution in [0.3, 0.4) is 0 Å². The molecule has 0 saturated heterocycles. The lowest BCUT2D eigenvalue weighted by molar-refractivity contribution is 0.100. The van der Waals surface area contributed by atoms with Crippen molar-refractivity contribution < 1.29 is 14.8 Å². The van der Waals surface area contributed by atoms with Crippen molar-refractivity contribution in [2.24, 2.45) is 5.73 Å². The van der Waals surface area contributed by atoms with E-state index in [0.29, 0.717) is 40.2 Å². The van der Waals surface area contributed by atoms with E-state index >= 15 is 0 Å². The van der Waals surface area contributed by atoms with Crippen LogP contribution in [0.4, 0.5) is 5.82 Å². The molecule has 31 heavy (non-hydrogen) atoms. The number of rotatable bonds is 6. The predicted octanol–water partition coefficient (Wildman–Crippen LogP) is 0.823. The number of hydrogen-bond donors (Lipinski definition) is 4. The van der Waals surface area contributed by atoms with E-state index in [2.05, 4.69) is 20.4 Å². The van der Waals surface area contributed by atoms with E-state index < -0.39 is 13.0 Å². The van der Waals surface area contributed by atoms with Crippen molar-refractivity contribution in [3.05, 3.63) is 71.0 Å². The van der Waals surface area contributed by atoms with E-state index in [1.807, 2.05) is 26.0 Å². The summed E-state index contributed by atoms with van der Waals surface area (Å²) >= 11 is 0. The summed E-state index contributed by atoms with van der Waals surface area (Å²) in [6.45, 7) is 4.24. The molecule has 0 aliphatic carbocycles. The number of nitrogens with two attached hydrogens (primary N) is 1. The molecule has 0 saturated carbocycles. The molecule has 0 radical (unpaired) electrons. The number of nitrogens with zero attached hydrogens (tertiary/aromatic N) is 4. The first-order valence-electron chi connectivity index (χ1n) is 9.66. The first-order valence-corrected chi connectivity index (χ1v) is 9.66. The number of anilines is 1. The molecular formula is C21H21BN6O3. The van der Waals surface area contributed by atoms with Gasteiger partial charge < -0.3 is 21.1 Å². The zero-order valence-corrected chi connectivity index (χ0v) is 17.1. The number of primary amides is 1. The zero-order chi connectivity index (χ0) is 22.1. The van der Waals surface area contributed by atoms with E-state index in [1.54, 1.807) is 41.2 Å². The number of hydrogen-bond acceptors (Lipinski definition) is 7. The summed E-state index contributed by atoms with van der Waals surface area (Å²) in [7, 11) is -1.52. The molecule has 4 aromatic rings. The molecule has 10 heteroatoms. The summed E-state index contributed by atoms with van der Waals surface area (Å²) in [5, 5.41) is 27.0. The summed E-state index contributed by atoms with van der Waals surface area (Å²) in [5.41, 5.74) is 9.49. The summed E-state index contributed by atoms with van der Waals surface area (Å²) in [6, 6.07) is 12.2. The summed E-state index contributed by atoms with van der Waals surface area (Å²) in [6.07, 6.45) is 1.58. The van der Waals surface area contributed by atoms with Crippen LogP contribution in [0, 0.1) is 13.8 Å². The molecule has 0 fully saturated rings. The Morgan fingerprint density at radius 2 is 1.94 bits per heavy atom. The van der Waals surface area contributed by atoms with E-state index in [-0.39, 0.29) is 0 Å². The van der Waals surface area contributed by atoms with Gasteiger partial charge in [-0.3, -0.25) is 4.79 Å². The number of fused-ring (bicyclic) bond motifs is 1. The van der Waals surface area contributed by atoms with Gasteiger partial charge in [-0.15, -0.1) is 0 Å². The van der Waals surface area contributed by atoms with E-state index in [1.165, 1.54) is 0 Å². The minimum absolute atomic E-state index is 0.363. The number of nitrogens with one attached hydrogen (secondary N) is 1. The molecule has 2 heterocycles. The van der Waals surface area contributed by atoms with Crippen molar-refractivity contribution >= 4 is 35.2 Å². The van der Waals surface area contributed by atoms with Crippen molar-refractivity contribution in [2.45, 2.75) is 20.4 Å². The molecule has 0 unspecified atom stereocenters. The Hall–Kier alpha value is -3.76. The Kier molecular flexibility index (Phi) is 5.41. The van der Waals surface area contributed by atoms with Crippen LogP contribution in [0.1, 0.15) is 27.2 Å². The highest BCUT2D eigenvalue weighted by Crippen LogP contribution is 2.23. The number of aromatic nitrogens is 4. The van der Waals surface area contributed by atoms with Crippen molar-refractivity contribution in [3.8, 4) is 5.95 Å². The SMILES string of the molecule is Cc1nc(-n2ncc3c(C(N)=O)cccc32)nc(NCc2cccc(B(O)O)c2)c1C. The van der Waals surface area contributed by atoms with Crippen LogP contribution in [-0.4, -0.2) is 42.8 Å². The second kappa shape index (κ2) is 8.17. The van der Waals surface area contributed by atoms with Gasteiger partial charge in [0, 0.05) is 23.2 Å². The van der Waals surface area contributed by atoms with Gasteiger partial charge in [0.25, 0.3) is 5.95 Å². The van der Waals surface area contributed by atoms with Gasteiger partial charge in [0.1, 0.15) is 5.82 Å². The van der Waals surface area contributed by atoms with Crippen LogP contribution in [0.5, 0.6) is 0 Å². The minimum Gasteiger partial charge on any atom is -0.423 e. The van der Waals surface area contributed by atoms with Gasteiger partial charge in [-0.25, -0.2) is 4.98 Å². The van der Waals surface area contributed by atoms with Gasteiger partial charge in [0.2, 0.25) is 5.91 Å². The van der Waals surface area contributed by atoms with Crippen molar-refractivity contribution in [2.75, 3.05) is 5.32 Å². The molecule has 0 bridgehead atoms. The largest absolute Gasteiger partial charge is 0.488 e. The molecule has 2 aromatic carbocycles. The Morgan fingerprint density at radius 1 is 1.16 bits per heavy atom. The summed E-state index contributed by atoms with van der Waals surface area (Å²) in [4.78, 5) is 20.9. The zero-order valence-electron chi connectivity index (χ0n) is 17.1. The average molecular weight is 416 g/mol. The highest BCUT2D eigenvalue weighted by molar-refractivity contribution is 6.58. The first-order chi connectivity index (χ1) is 14.8. The second-order valence-corrected chi connectivity index (χ2v) is 7.21. The van der Waals surface area contributed by atoms with Gasteiger partial charge in [0.05, 0.1) is 17.3 Å². The second-order valence-electron chi connectivity index (χ2n) is 7.21. The highest BCUT2D eigenvalue weighted by Gasteiger charge is 2.16. The fourth-order valence-electron chi connectivity index (χ4n) is 3.36. The molecule has 0 atom stereocenters. The third-order valence-corrected chi connectivity index (χ3v) is 5.16. The quantitative estimate of drug-likeness (QED) is 0.341. The lowest BCUT2D eigenvalue weighted by Gasteiger charge is -2.13. The van der Waals surface area contributed by atoms with E-state index in [0.717, 1.165) is 16.8 Å². The van der Waals surface area contributed by atoms with Gasteiger partial charge >= 0.3 is 7.12 Å². The Bertz CT molecular complexity index is 1290. The summed E-state index contributed by atoms with van der Waals surface area (Å²) < 4.78 is 1.57. The highest BCUT2D eigenvalue weighted by atomic mass is 16.4. The Morgan fingerprint density at radius 3 is 2.68 bits per heavy atom. The lowest BCUT2D eigenvalue weighted by Crippen LogP contribution is -2.30. The van der Waals surface area contributed by atoms with Gasteiger partial charge in [0.15, 0.2) is 0 Å². The van der Waals surface area contributed by atoms with Crippen molar-refractivity contribution in [1.29, 1.82) is 0 Å². The van der Waals surface area contributed by atoms with E-state index in [9.17, 15) is 14.8 Å². The van der Waals surface area contributed by atoms with Gasteiger partial charge in [-0.1, -0.05) is 30.3 Å². The average Bonchev–Trinajstić information content (AvgIpc) is 3.19. The van der Waals surface area contributed by atoms with Crippen LogP contribution in [0.15, 0.2) is 48.7 Å². The third kappa shape index (κ3) is 3.98. The molecule has 9 nitrogen and oxygen atoms in total. The van der Waals surface area contributed by atoms with Crippen LogP contribution >= 0.6 is 0 Å². The maximum atomic E-state index is 11.7. The topological polar surface area (TPSA) is 139 Å². The minimum atomic E-state index is -1.52. The first kappa shape index (κ1) is 20.5. The molecule has 5 N–H and O–H groups in total. The number of benzene rings is 2. The maximum Gasteiger partial charge on any atom is 0.488 e. The van der Waals surface area contributed by atoms with Crippen LogP contribution in [0.25, 0.3) is 16.9 Å². The molecule has 156 valence electrons. The smallest absolute Gasteiger partial charge is 0.423 e. The number of carbonyl (C=O) groups is 1. The normalized spacial score (nSPS) is 11.0. The number of aryl methyl sites for hydroxylation is 1. The maximum absolute atomic E-state index is 11.7. The van der Waals surface area contributed by atoms with Crippen molar-refractivity contribution in [3.63, 3.8) is 0 Å². The van der Waals surface area contributed by atoms with Crippen LogP contribution in [0.2, 0.25) is 0 Å². The van der Waals surface area contributed by atoms with Crippen LogP contribution < -0.4 is 16.5 Å². The molecule has 1 amide bonds. The van der Waals surface area contributed by atoms with Gasteiger partial charge in [-0.05, 0) is 37.0 Å². The monoisotopic (exact) mass is 416 g/mol. The molecular weight excluding hydrogens is 395 g/mol. The molecule has 0 aliphatic rings. The molecule has 0 aliphatic heterocycles.